The van der Waals surface area contributed by atoms with Gasteiger partial charge in [-0.25, -0.2) is 0 Å². The fourth-order valence-electron chi connectivity index (χ4n) is 3.03. The zero-order valence-corrected chi connectivity index (χ0v) is 15.1. The van der Waals surface area contributed by atoms with Gasteiger partial charge >= 0.3 is 0 Å². The first-order valence-corrected chi connectivity index (χ1v) is 8.94. The molecule has 1 aliphatic heterocycles. The van der Waals surface area contributed by atoms with E-state index in [9.17, 15) is 9.59 Å². The van der Waals surface area contributed by atoms with Gasteiger partial charge in [0.05, 0.1) is 5.56 Å². The summed E-state index contributed by atoms with van der Waals surface area (Å²) in [5.74, 6) is -0.0422. The van der Waals surface area contributed by atoms with Crippen molar-refractivity contribution < 1.29 is 9.59 Å². The molecule has 0 aromatic heterocycles. The largest absolute Gasteiger partial charge is 0.349 e. The number of thiol groups is 1. The fourth-order valence-corrected chi connectivity index (χ4v) is 3.28. The van der Waals surface area contributed by atoms with Crippen LogP contribution in [0.15, 0.2) is 53.4 Å². The van der Waals surface area contributed by atoms with Gasteiger partial charge in [0.15, 0.2) is 0 Å². The molecule has 1 saturated heterocycles. The zero-order valence-electron chi connectivity index (χ0n) is 14.2. The molecule has 0 aliphatic carbocycles. The zero-order chi connectivity index (χ0) is 17.8. The Morgan fingerprint density at radius 3 is 2.32 bits per heavy atom. The number of benzene rings is 2. The Morgan fingerprint density at radius 2 is 1.68 bits per heavy atom. The summed E-state index contributed by atoms with van der Waals surface area (Å²) in [7, 11) is 0. The standard InChI is InChI=1S/C20H22N2O2S/c1-14-6-8-15(9-7-14)19(23)21-16-10-12-22(13-11-16)20(24)17-4-2-3-5-18(17)25/h2-9,16,25H,10-13H2,1H3,(H,21,23). The topological polar surface area (TPSA) is 49.4 Å². The molecule has 2 aromatic rings. The van der Waals surface area contributed by atoms with E-state index in [0.717, 1.165) is 18.4 Å². The average Bonchev–Trinajstić information content (AvgIpc) is 2.63. The molecule has 1 N–H and O–H groups in total. The SMILES string of the molecule is Cc1ccc(C(=O)NC2CCN(C(=O)c3ccccc3S)CC2)cc1. The van der Waals surface area contributed by atoms with Crippen molar-refractivity contribution in [2.24, 2.45) is 0 Å². The number of nitrogens with zero attached hydrogens (tertiary/aromatic N) is 1. The predicted octanol–water partition coefficient (Wildman–Crippen LogP) is 3.32. The third-order valence-electron chi connectivity index (χ3n) is 4.57. The Balaban J connectivity index is 1.55. The van der Waals surface area contributed by atoms with Crippen LogP contribution in [0.5, 0.6) is 0 Å². The van der Waals surface area contributed by atoms with Gasteiger partial charge in [-0.15, -0.1) is 12.6 Å². The van der Waals surface area contributed by atoms with Crippen molar-refractivity contribution in [2.45, 2.75) is 30.7 Å². The molecule has 1 fully saturated rings. The van der Waals surface area contributed by atoms with E-state index < -0.39 is 0 Å². The van der Waals surface area contributed by atoms with Crippen LogP contribution in [0.3, 0.4) is 0 Å². The van der Waals surface area contributed by atoms with Gasteiger partial charge in [0.2, 0.25) is 0 Å². The summed E-state index contributed by atoms with van der Waals surface area (Å²) in [4.78, 5) is 27.4. The first-order valence-electron chi connectivity index (χ1n) is 8.49. The van der Waals surface area contributed by atoms with Crippen LogP contribution < -0.4 is 5.32 Å². The summed E-state index contributed by atoms with van der Waals surface area (Å²) in [5, 5.41) is 3.07. The predicted molar refractivity (Wildman–Crippen MR) is 101 cm³/mol. The highest BCUT2D eigenvalue weighted by molar-refractivity contribution is 7.80. The summed E-state index contributed by atoms with van der Waals surface area (Å²) in [6.07, 6.45) is 1.52. The van der Waals surface area contributed by atoms with Crippen molar-refractivity contribution in [3.05, 3.63) is 65.2 Å². The normalized spacial score (nSPS) is 15.0. The molecule has 0 saturated carbocycles. The summed E-state index contributed by atoms with van der Waals surface area (Å²) >= 11 is 4.36. The maximum Gasteiger partial charge on any atom is 0.254 e. The van der Waals surface area contributed by atoms with Gasteiger partial charge in [-0.3, -0.25) is 9.59 Å². The molecular weight excluding hydrogens is 332 g/mol. The molecule has 5 heteroatoms. The highest BCUT2D eigenvalue weighted by atomic mass is 32.1. The van der Waals surface area contributed by atoms with Gasteiger partial charge in [-0.2, -0.15) is 0 Å². The molecule has 4 nitrogen and oxygen atoms in total. The van der Waals surface area contributed by atoms with Crippen molar-refractivity contribution >= 4 is 24.4 Å². The lowest BCUT2D eigenvalue weighted by Gasteiger charge is -2.32. The Bertz CT molecular complexity index is 766. The van der Waals surface area contributed by atoms with Gasteiger partial charge < -0.3 is 10.2 Å². The van der Waals surface area contributed by atoms with E-state index in [2.05, 4.69) is 17.9 Å². The highest BCUT2D eigenvalue weighted by Gasteiger charge is 2.25. The Morgan fingerprint density at radius 1 is 1.04 bits per heavy atom. The lowest BCUT2D eigenvalue weighted by atomic mass is 10.0. The lowest BCUT2D eigenvalue weighted by Crippen LogP contribution is -2.46. The van der Waals surface area contributed by atoms with E-state index in [-0.39, 0.29) is 17.9 Å². The van der Waals surface area contributed by atoms with Crippen LogP contribution >= 0.6 is 12.6 Å². The smallest absolute Gasteiger partial charge is 0.254 e. The van der Waals surface area contributed by atoms with Gasteiger partial charge in [0.25, 0.3) is 11.8 Å². The minimum Gasteiger partial charge on any atom is -0.349 e. The summed E-state index contributed by atoms with van der Waals surface area (Å²) in [5.41, 5.74) is 2.44. The minimum atomic E-state index is -0.0505. The molecule has 0 bridgehead atoms. The van der Waals surface area contributed by atoms with Crippen LogP contribution in [0.1, 0.15) is 39.1 Å². The maximum absolute atomic E-state index is 12.6. The molecule has 1 heterocycles. The Hall–Kier alpha value is -2.27. The van der Waals surface area contributed by atoms with Crippen molar-refractivity contribution in [3.63, 3.8) is 0 Å². The molecule has 1 aliphatic rings. The maximum atomic E-state index is 12.6. The van der Waals surface area contributed by atoms with Gasteiger partial charge in [-0.05, 0) is 44.0 Å². The third kappa shape index (κ3) is 4.23. The van der Waals surface area contributed by atoms with Gasteiger partial charge in [0, 0.05) is 29.6 Å². The number of likely N-dealkylation sites (tertiary alicyclic amines) is 1. The van der Waals surface area contributed by atoms with Crippen LogP contribution in [0.2, 0.25) is 0 Å². The number of amides is 2. The van der Waals surface area contributed by atoms with Gasteiger partial charge in [0.1, 0.15) is 0 Å². The molecule has 3 rings (SSSR count). The Labute approximate surface area is 153 Å². The van der Waals surface area contributed by atoms with E-state index in [0.29, 0.717) is 29.1 Å². The van der Waals surface area contributed by atoms with Crippen LogP contribution in [-0.2, 0) is 0 Å². The van der Waals surface area contributed by atoms with E-state index in [1.165, 1.54) is 0 Å². The minimum absolute atomic E-state index is 0.00825. The van der Waals surface area contributed by atoms with Gasteiger partial charge in [-0.1, -0.05) is 29.8 Å². The molecule has 0 radical (unpaired) electrons. The van der Waals surface area contributed by atoms with E-state index in [1.807, 2.05) is 54.3 Å². The quantitative estimate of drug-likeness (QED) is 0.831. The Kier molecular flexibility index (Phi) is 5.43. The van der Waals surface area contributed by atoms with Crippen LogP contribution in [0.4, 0.5) is 0 Å². The van der Waals surface area contributed by atoms with E-state index in [4.69, 9.17) is 0 Å². The number of nitrogens with one attached hydrogen (secondary N) is 1. The van der Waals surface area contributed by atoms with E-state index >= 15 is 0 Å². The second kappa shape index (κ2) is 7.74. The number of carbonyl (C=O) groups excluding carboxylic acids is 2. The molecule has 2 amide bonds. The number of carbonyl (C=O) groups is 2. The second-order valence-electron chi connectivity index (χ2n) is 6.42. The molecular formula is C20H22N2O2S. The molecule has 0 atom stereocenters. The summed E-state index contributed by atoms with van der Waals surface area (Å²) in [6.45, 7) is 3.27. The van der Waals surface area contributed by atoms with Crippen LogP contribution in [-0.4, -0.2) is 35.8 Å². The number of aryl methyl sites for hydroxylation is 1. The molecule has 2 aromatic carbocycles. The van der Waals surface area contributed by atoms with Crippen molar-refractivity contribution in [1.82, 2.24) is 10.2 Å². The molecule has 130 valence electrons. The average molecular weight is 354 g/mol. The number of hydrogen-bond acceptors (Lipinski definition) is 3. The molecule has 25 heavy (non-hydrogen) atoms. The number of piperidine rings is 1. The number of hydrogen-bond donors (Lipinski definition) is 2. The number of rotatable bonds is 3. The van der Waals surface area contributed by atoms with Crippen molar-refractivity contribution in [1.29, 1.82) is 0 Å². The summed E-state index contributed by atoms with van der Waals surface area (Å²) < 4.78 is 0. The fraction of sp³-hybridized carbons (Fsp3) is 0.300. The second-order valence-corrected chi connectivity index (χ2v) is 6.90. The summed E-state index contributed by atoms with van der Waals surface area (Å²) in [6, 6.07) is 15.0. The first-order chi connectivity index (χ1) is 12.0. The van der Waals surface area contributed by atoms with Crippen molar-refractivity contribution in [3.8, 4) is 0 Å². The third-order valence-corrected chi connectivity index (χ3v) is 4.96. The van der Waals surface area contributed by atoms with Crippen LogP contribution in [0, 0.1) is 6.92 Å². The monoisotopic (exact) mass is 354 g/mol. The lowest BCUT2D eigenvalue weighted by molar-refractivity contribution is 0.0695. The molecule has 0 spiro atoms. The van der Waals surface area contributed by atoms with Crippen molar-refractivity contribution in [2.75, 3.05) is 13.1 Å². The van der Waals surface area contributed by atoms with Crippen LogP contribution in [0.25, 0.3) is 0 Å². The first kappa shape index (κ1) is 17.5. The molecule has 0 unspecified atom stereocenters. The van der Waals surface area contributed by atoms with E-state index in [1.54, 1.807) is 6.07 Å². The highest BCUT2D eigenvalue weighted by Crippen LogP contribution is 2.19.